The fraction of sp³-hybridized carbons (Fsp3) is 1.00. The monoisotopic (exact) mass is 214 g/mol. The molecule has 0 bridgehead atoms. The Bertz CT molecular complexity index is 170. The number of hydrogen-bond acceptors (Lipinski definition) is 0. The first-order valence-corrected chi connectivity index (χ1v) is 6.70. The summed E-state index contributed by atoms with van der Waals surface area (Å²) in [5, 5.41) is 0.430. The van der Waals surface area contributed by atoms with Crippen LogP contribution >= 0.6 is 9.24 Å². The molecule has 1 atom stereocenters. The molecule has 0 amide bonds. The number of rotatable bonds is 4. The van der Waals surface area contributed by atoms with E-state index in [-0.39, 0.29) is 0 Å². The third kappa shape index (κ3) is 3.89. The zero-order valence-electron chi connectivity index (χ0n) is 10.4. The minimum Gasteiger partial charge on any atom is -0.132 e. The van der Waals surface area contributed by atoms with E-state index in [0.717, 1.165) is 5.92 Å². The average Bonchev–Trinajstić information content (AvgIpc) is 2.30. The van der Waals surface area contributed by atoms with Crippen LogP contribution in [0.3, 0.4) is 0 Å². The van der Waals surface area contributed by atoms with Crippen molar-refractivity contribution in [2.45, 2.75) is 71.4 Å². The molecule has 0 nitrogen and oxygen atoms in total. The predicted molar refractivity (Wildman–Crippen MR) is 68.8 cm³/mol. The summed E-state index contributed by atoms with van der Waals surface area (Å²) in [5.41, 5.74) is 0.680. The smallest absolute Gasteiger partial charge is 0.0201 e. The fourth-order valence-corrected chi connectivity index (χ4v) is 3.84. The highest BCUT2D eigenvalue weighted by Gasteiger charge is 2.37. The van der Waals surface area contributed by atoms with Crippen LogP contribution in [0.15, 0.2) is 0 Å². The molecule has 0 N–H and O–H groups in total. The van der Waals surface area contributed by atoms with Crippen LogP contribution in [0.4, 0.5) is 0 Å². The molecule has 1 aliphatic carbocycles. The molecule has 0 radical (unpaired) electrons. The number of hydrogen-bond donors (Lipinski definition) is 0. The van der Waals surface area contributed by atoms with Crippen LogP contribution in [-0.2, 0) is 0 Å². The van der Waals surface area contributed by atoms with E-state index < -0.39 is 0 Å². The maximum atomic E-state index is 3.03. The molecule has 14 heavy (non-hydrogen) atoms. The summed E-state index contributed by atoms with van der Waals surface area (Å²) in [6.07, 6.45) is 8.71. The Balaban J connectivity index is 2.62. The van der Waals surface area contributed by atoms with E-state index in [4.69, 9.17) is 0 Å². The highest BCUT2D eigenvalue weighted by atomic mass is 31.0. The molecule has 0 spiro atoms. The first-order chi connectivity index (χ1) is 6.33. The van der Waals surface area contributed by atoms with Crippen molar-refractivity contribution >= 4 is 9.24 Å². The molecule has 84 valence electrons. The van der Waals surface area contributed by atoms with Crippen LogP contribution in [0.25, 0.3) is 0 Å². The van der Waals surface area contributed by atoms with Crippen LogP contribution in [0.2, 0.25) is 0 Å². The van der Waals surface area contributed by atoms with Gasteiger partial charge in [0.15, 0.2) is 0 Å². The van der Waals surface area contributed by atoms with E-state index in [1.54, 1.807) is 0 Å². The molecule has 1 fully saturated rings. The van der Waals surface area contributed by atoms with Gasteiger partial charge in [-0.1, -0.05) is 40.5 Å². The quantitative estimate of drug-likeness (QED) is 0.598. The van der Waals surface area contributed by atoms with Crippen LogP contribution in [0.1, 0.15) is 66.2 Å². The van der Waals surface area contributed by atoms with Crippen molar-refractivity contribution in [2.75, 3.05) is 0 Å². The minimum absolute atomic E-state index is 0.430. The van der Waals surface area contributed by atoms with E-state index in [1.165, 1.54) is 38.5 Å². The Kier molecular flexibility index (Phi) is 4.03. The largest absolute Gasteiger partial charge is 0.132 e. The highest BCUT2D eigenvalue weighted by molar-refractivity contribution is 7.18. The van der Waals surface area contributed by atoms with E-state index in [1.807, 2.05) is 0 Å². The van der Waals surface area contributed by atoms with Crippen molar-refractivity contribution in [3.63, 3.8) is 0 Å². The zero-order chi connectivity index (χ0) is 10.8. The summed E-state index contributed by atoms with van der Waals surface area (Å²) in [6.45, 7) is 9.46. The van der Waals surface area contributed by atoms with Crippen LogP contribution in [0.5, 0.6) is 0 Å². The highest BCUT2D eigenvalue weighted by Crippen LogP contribution is 2.49. The van der Waals surface area contributed by atoms with Gasteiger partial charge in [0.25, 0.3) is 0 Å². The molecule has 1 heteroatoms. The summed E-state index contributed by atoms with van der Waals surface area (Å²) in [6, 6.07) is 0. The zero-order valence-corrected chi connectivity index (χ0v) is 11.6. The lowest BCUT2D eigenvalue weighted by Gasteiger charge is -2.37. The van der Waals surface area contributed by atoms with Gasteiger partial charge in [-0.15, -0.1) is 9.24 Å². The van der Waals surface area contributed by atoms with Gasteiger partial charge in [-0.25, -0.2) is 0 Å². The lowest BCUT2D eigenvalue weighted by Crippen LogP contribution is -2.27. The second-order valence-electron chi connectivity index (χ2n) is 6.47. The van der Waals surface area contributed by atoms with E-state index in [9.17, 15) is 0 Å². The molecule has 0 aromatic rings. The summed E-state index contributed by atoms with van der Waals surface area (Å²) in [7, 11) is 3.03. The van der Waals surface area contributed by atoms with Gasteiger partial charge in [0.05, 0.1) is 0 Å². The maximum Gasteiger partial charge on any atom is -0.0201 e. The first-order valence-electron chi connectivity index (χ1n) is 6.12. The van der Waals surface area contributed by atoms with Crippen molar-refractivity contribution in [3.8, 4) is 0 Å². The summed E-state index contributed by atoms with van der Waals surface area (Å²) < 4.78 is 0. The van der Waals surface area contributed by atoms with Gasteiger partial charge in [0.1, 0.15) is 0 Å². The molecule has 1 unspecified atom stereocenters. The van der Waals surface area contributed by atoms with Gasteiger partial charge < -0.3 is 0 Å². The fourth-order valence-electron chi connectivity index (χ4n) is 3.41. The van der Waals surface area contributed by atoms with Gasteiger partial charge in [-0.3, -0.25) is 0 Å². The molecule has 1 saturated carbocycles. The third-order valence-electron chi connectivity index (χ3n) is 3.34. The molecular weight excluding hydrogens is 187 g/mol. The van der Waals surface area contributed by atoms with Gasteiger partial charge in [0.2, 0.25) is 0 Å². The van der Waals surface area contributed by atoms with E-state index in [0.29, 0.717) is 10.6 Å². The second kappa shape index (κ2) is 4.52. The Morgan fingerprint density at radius 1 is 1.21 bits per heavy atom. The normalized spacial score (nSPS) is 21.9. The Morgan fingerprint density at radius 2 is 1.71 bits per heavy atom. The Labute approximate surface area is 92.4 Å². The Morgan fingerprint density at radius 3 is 2.07 bits per heavy atom. The van der Waals surface area contributed by atoms with Gasteiger partial charge >= 0.3 is 0 Å². The van der Waals surface area contributed by atoms with Crippen molar-refractivity contribution in [3.05, 3.63) is 0 Å². The van der Waals surface area contributed by atoms with Gasteiger partial charge in [-0.2, -0.15) is 0 Å². The predicted octanol–water partition coefficient (Wildman–Crippen LogP) is 4.64. The molecule has 1 rings (SSSR count). The van der Waals surface area contributed by atoms with Crippen molar-refractivity contribution in [2.24, 2.45) is 11.3 Å². The second-order valence-corrected chi connectivity index (χ2v) is 8.03. The molecule has 0 heterocycles. The van der Waals surface area contributed by atoms with Crippen LogP contribution < -0.4 is 0 Å². The third-order valence-corrected chi connectivity index (χ3v) is 3.54. The lowest BCUT2D eigenvalue weighted by atomic mass is 9.73. The first kappa shape index (κ1) is 12.5. The van der Waals surface area contributed by atoms with Crippen LogP contribution in [-0.4, -0.2) is 5.16 Å². The maximum absolute atomic E-state index is 3.03. The standard InChI is InChI=1S/C13H27P/c1-11(2)9-13(7-5-6-8-13)10-12(3,4)14/h11H,5-10,14H2,1-4H3. The van der Waals surface area contributed by atoms with Crippen LogP contribution in [0, 0.1) is 11.3 Å². The minimum atomic E-state index is 0.430. The summed E-state index contributed by atoms with van der Waals surface area (Å²) in [5.74, 6) is 0.862. The molecule has 1 aliphatic rings. The van der Waals surface area contributed by atoms with Crippen molar-refractivity contribution < 1.29 is 0 Å². The average molecular weight is 214 g/mol. The molecule has 0 saturated heterocycles. The summed E-state index contributed by atoms with van der Waals surface area (Å²) >= 11 is 0. The molecule has 0 aliphatic heterocycles. The van der Waals surface area contributed by atoms with Gasteiger partial charge in [0, 0.05) is 0 Å². The molecular formula is C13H27P. The molecule has 0 aromatic carbocycles. The summed E-state index contributed by atoms with van der Waals surface area (Å²) in [4.78, 5) is 0. The molecule has 0 aromatic heterocycles. The lowest BCUT2D eigenvalue weighted by molar-refractivity contribution is 0.197. The van der Waals surface area contributed by atoms with Crippen molar-refractivity contribution in [1.29, 1.82) is 0 Å². The Hall–Kier alpha value is 0.430. The SMILES string of the molecule is CC(C)CC1(CC(C)(C)P)CCCC1. The van der Waals surface area contributed by atoms with Gasteiger partial charge in [-0.05, 0) is 42.2 Å². The van der Waals surface area contributed by atoms with E-state index in [2.05, 4.69) is 36.9 Å². The van der Waals surface area contributed by atoms with E-state index >= 15 is 0 Å². The topological polar surface area (TPSA) is 0 Å². The van der Waals surface area contributed by atoms with Crippen molar-refractivity contribution in [1.82, 2.24) is 0 Å².